The molecular formula is C32H55N3O46S7. The molecule has 5 aliphatic heterocycles. The number of carboxylic acids is 2. The fourth-order valence-corrected chi connectivity index (χ4v) is 12.1. The molecule has 5 heterocycles. The molecule has 516 valence electrons. The summed E-state index contributed by atoms with van der Waals surface area (Å²) in [4.78, 5) is 25.8. The second-order valence-electron chi connectivity index (χ2n) is 18.4. The maximum atomic E-state index is 13.0. The first-order chi connectivity index (χ1) is 40.0. The van der Waals surface area contributed by atoms with Gasteiger partial charge in [-0.25, -0.2) is 30.5 Å². The normalized spacial score (nSPS) is 39.4. The SMILES string of the molecule is CN[C@H]1[C@@H](OC)O[C@H](COS(=O)(=O)O)C(O[C@H]2O[C@@H](C(=O)O)[C@@H](O[C@H]3O[C@H](COS(=O)(=O)O)C(OC4O[C@H](C(=O)O)[C@@H](O[C@H]5O[C@H](COS(=O)(=O)O)[C@@H](O)[C@H](O)[C@H]5NS(=O)(=O)O)[C@H](O)[C@H]4O)[C@H](OS(=O)(=O)O)[C@H]3NS(=O)(=O)O)[C@H](O)[C@H]2OS(=O)(=O)O)[C@@H]1O. The number of aliphatic hydroxyl groups is 6. The van der Waals surface area contributed by atoms with Crippen molar-refractivity contribution in [3.05, 3.63) is 0 Å². The van der Waals surface area contributed by atoms with Crippen LogP contribution in [0.25, 0.3) is 0 Å². The molecule has 0 bridgehead atoms. The number of hydrogen-bond donors (Lipinski definition) is 18. The Morgan fingerprint density at radius 3 is 1.22 bits per heavy atom. The molecule has 0 aliphatic carbocycles. The summed E-state index contributed by atoms with van der Waals surface area (Å²) in [6, 6.07) is -7.19. The Bertz CT molecular complexity index is 3230. The Morgan fingerprint density at radius 2 is 0.773 bits per heavy atom. The number of rotatable bonds is 29. The number of carboxylic acid groups (broad SMARTS) is 2. The van der Waals surface area contributed by atoms with Crippen molar-refractivity contribution in [2.45, 2.75) is 153 Å². The summed E-state index contributed by atoms with van der Waals surface area (Å²) in [5.41, 5.74) is 0. The molecule has 0 saturated carbocycles. The number of ether oxygens (including phenoxy) is 10. The average molecular weight is 1440 g/mol. The predicted molar refractivity (Wildman–Crippen MR) is 256 cm³/mol. The Morgan fingerprint density at radius 1 is 0.386 bits per heavy atom. The maximum Gasteiger partial charge on any atom is 0.397 e. The maximum absolute atomic E-state index is 13.0. The van der Waals surface area contributed by atoms with Gasteiger partial charge in [0.2, 0.25) is 0 Å². The first-order valence-corrected chi connectivity index (χ1v) is 33.0. The summed E-state index contributed by atoms with van der Waals surface area (Å²) in [6.45, 7) is -4.76. The van der Waals surface area contributed by atoms with E-state index < -0.39 is 258 Å². The number of methoxy groups -OCH3 is 1. The third kappa shape index (κ3) is 21.2. The molecule has 5 rings (SSSR count). The highest BCUT2D eigenvalue weighted by Crippen LogP contribution is 2.38. The fourth-order valence-electron chi connectivity index (χ4n) is 8.99. The van der Waals surface area contributed by atoms with Crippen molar-refractivity contribution in [1.29, 1.82) is 0 Å². The Hall–Kier alpha value is -2.65. The van der Waals surface area contributed by atoms with Gasteiger partial charge in [0.05, 0.1) is 25.9 Å². The quantitative estimate of drug-likeness (QED) is 0.0309. The number of hydrogen-bond acceptors (Lipinski definition) is 38. The number of carbonyl (C=O) groups is 2. The van der Waals surface area contributed by atoms with Crippen LogP contribution in [0, 0.1) is 0 Å². The molecule has 0 aromatic heterocycles. The molecule has 56 heteroatoms. The smallest absolute Gasteiger partial charge is 0.397 e. The molecule has 0 radical (unpaired) electrons. The van der Waals surface area contributed by atoms with E-state index in [0.717, 1.165) is 18.9 Å². The Balaban J connectivity index is 1.59. The van der Waals surface area contributed by atoms with Crippen LogP contribution in [0.4, 0.5) is 0 Å². The second kappa shape index (κ2) is 29.3. The lowest BCUT2D eigenvalue weighted by molar-refractivity contribution is -0.373. The minimum atomic E-state index is -6.30. The molecule has 88 heavy (non-hydrogen) atoms. The van der Waals surface area contributed by atoms with Gasteiger partial charge in [-0.15, -0.1) is 0 Å². The topological polar surface area (TPSA) is 751 Å². The highest BCUT2D eigenvalue weighted by Gasteiger charge is 2.61. The molecule has 5 aliphatic rings. The van der Waals surface area contributed by atoms with Crippen LogP contribution in [0.5, 0.6) is 0 Å². The van der Waals surface area contributed by atoms with Crippen molar-refractivity contribution in [3.8, 4) is 0 Å². The van der Waals surface area contributed by atoms with Crippen molar-refractivity contribution in [2.75, 3.05) is 34.0 Å². The monoisotopic (exact) mass is 1440 g/mol. The lowest BCUT2D eigenvalue weighted by atomic mass is 9.94. The zero-order chi connectivity index (χ0) is 66.9. The van der Waals surface area contributed by atoms with Crippen LogP contribution in [-0.2, 0) is 150 Å². The summed E-state index contributed by atoms with van der Waals surface area (Å²) in [6.07, 6.45) is -60.3. The zero-order valence-corrected chi connectivity index (χ0v) is 49.0. The lowest BCUT2D eigenvalue weighted by Gasteiger charge is -2.50. The van der Waals surface area contributed by atoms with E-state index in [2.05, 4.69) is 26.2 Å². The standard InChI is InChI=1S/C32H55N3O46S7/c1-33-9-14(38)18(7(72-28(9)67-2)4-69-85(55,56)57)74-32-23(81-88(64,65)66)17(41)22(25(79-32)27(44)45)77-30-11(35-83(49,50)51)20(80-87(61,62)63)19(8(73-30)5-70-86(58,59)60)75-31-16(40)15(39)21(24(78-31)26(42)43)76-29-10(34-82(46,47)48)13(37)12(36)6(71-29)3-68-84(52,53)54/h6-25,28-41H,3-5H2,1-2H3,(H,42,43)(H,44,45)(H,46,47,48)(H,49,50,51)(H,52,53,54)(H,55,56,57)(H,58,59,60)(H,61,62,63)(H,64,65,66)/t6-,7-,8-,9-,10-,11-,12-,13-,14-,15-,16-,17+,18?,19?,20-,21+,22+,23-,24+,25-,28+,29-,30-,31?,32+/m1/s1. The number of aliphatic carboxylic acids is 2. The molecule has 5 saturated heterocycles. The summed E-state index contributed by atoms with van der Waals surface area (Å²) >= 11 is 0. The molecule has 0 amide bonds. The third-order valence-electron chi connectivity index (χ3n) is 12.5. The minimum absolute atomic E-state index is 0.991. The van der Waals surface area contributed by atoms with Gasteiger partial charge in [0.15, 0.2) is 49.8 Å². The highest BCUT2D eigenvalue weighted by atomic mass is 32.3. The predicted octanol–water partition coefficient (Wildman–Crippen LogP) is -12.9. The van der Waals surface area contributed by atoms with Crippen molar-refractivity contribution in [2.24, 2.45) is 0 Å². The van der Waals surface area contributed by atoms with Crippen molar-refractivity contribution < 1.29 is 210 Å². The van der Waals surface area contributed by atoms with Gasteiger partial charge >= 0.3 is 84.5 Å². The van der Waals surface area contributed by atoms with Crippen LogP contribution in [-0.4, -0.2) is 331 Å². The minimum Gasteiger partial charge on any atom is -0.479 e. The van der Waals surface area contributed by atoms with Crippen LogP contribution >= 0.6 is 0 Å². The Kier molecular flexibility index (Phi) is 25.4. The average Bonchev–Trinajstić information content (AvgIpc) is 0.784. The highest BCUT2D eigenvalue weighted by molar-refractivity contribution is 7.84. The van der Waals surface area contributed by atoms with E-state index in [9.17, 15) is 137 Å². The van der Waals surface area contributed by atoms with Gasteiger partial charge in [0.25, 0.3) is 0 Å². The molecule has 25 atom stereocenters. The van der Waals surface area contributed by atoms with Gasteiger partial charge in [0.1, 0.15) is 97.5 Å². The van der Waals surface area contributed by atoms with Crippen LogP contribution in [0.1, 0.15) is 0 Å². The Labute approximate surface area is 494 Å². The molecule has 18 N–H and O–H groups in total. The van der Waals surface area contributed by atoms with Crippen molar-refractivity contribution in [1.82, 2.24) is 14.8 Å². The van der Waals surface area contributed by atoms with E-state index >= 15 is 0 Å². The first-order valence-electron chi connectivity index (χ1n) is 23.3. The molecule has 49 nitrogen and oxygen atoms in total. The van der Waals surface area contributed by atoms with E-state index in [1.54, 1.807) is 0 Å². The number of aliphatic hydroxyl groups excluding tert-OH is 6. The molecule has 3 unspecified atom stereocenters. The van der Waals surface area contributed by atoms with Gasteiger partial charge in [0, 0.05) is 7.11 Å². The second-order valence-corrected chi connectivity index (χ2v) is 26.1. The van der Waals surface area contributed by atoms with Gasteiger partial charge < -0.3 is 93.5 Å². The third-order valence-corrected chi connectivity index (χ3v) is 15.9. The van der Waals surface area contributed by atoms with E-state index in [1.165, 1.54) is 4.72 Å². The molecule has 0 aromatic rings. The molecular weight excluding hydrogens is 1390 g/mol. The van der Waals surface area contributed by atoms with E-state index in [4.69, 9.17) is 51.9 Å². The molecule has 0 aromatic carbocycles. The van der Waals surface area contributed by atoms with Gasteiger partial charge in [-0.1, -0.05) is 0 Å². The fraction of sp³-hybridized carbons (Fsp3) is 0.938. The number of likely N-dealkylation sites (N-methyl/N-ethyl adjacent to an activating group) is 1. The van der Waals surface area contributed by atoms with E-state index in [0.29, 0.717) is 0 Å². The van der Waals surface area contributed by atoms with Crippen LogP contribution in [0.2, 0.25) is 0 Å². The summed E-state index contributed by atoms with van der Waals surface area (Å²) in [5, 5.41) is 90.3. The van der Waals surface area contributed by atoms with Crippen molar-refractivity contribution >= 4 is 84.5 Å². The van der Waals surface area contributed by atoms with Gasteiger partial charge in [-0.3, -0.25) is 31.9 Å². The van der Waals surface area contributed by atoms with Crippen LogP contribution in [0.15, 0.2) is 0 Å². The van der Waals surface area contributed by atoms with Gasteiger partial charge in [-0.05, 0) is 7.05 Å². The van der Waals surface area contributed by atoms with E-state index in [1.807, 2.05) is 0 Å². The molecule has 5 fully saturated rings. The van der Waals surface area contributed by atoms with Gasteiger partial charge in [-0.2, -0.15) is 68.4 Å². The largest absolute Gasteiger partial charge is 0.479 e. The van der Waals surface area contributed by atoms with Crippen LogP contribution in [0.3, 0.4) is 0 Å². The molecule has 0 spiro atoms. The zero-order valence-electron chi connectivity index (χ0n) is 43.3. The lowest BCUT2D eigenvalue weighted by Crippen LogP contribution is -2.71. The number of nitrogens with one attached hydrogen (secondary N) is 3. The van der Waals surface area contributed by atoms with Crippen molar-refractivity contribution in [3.63, 3.8) is 0 Å². The van der Waals surface area contributed by atoms with E-state index in [-0.39, 0.29) is 0 Å². The first kappa shape index (κ1) is 76.1. The van der Waals surface area contributed by atoms with Crippen LogP contribution < -0.4 is 14.8 Å². The summed E-state index contributed by atoms with van der Waals surface area (Å²) in [7, 11) is -38.5. The summed E-state index contributed by atoms with van der Waals surface area (Å²) in [5.74, 6) is -4.77. The summed E-state index contributed by atoms with van der Waals surface area (Å²) < 4.78 is 313.